The Morgan fingerprint density at radius 1 is 1.44 bits per heavy atom. The van der Waals surface area contributed by atoms with Crippen molar-refractivity contribution in [1.29, 1.82) is 0 Å². The lowest BCUT2D eigenvalue weighted by Crippen LogP contribution is -2.22. The Bertz CT molecular complexity index is 399. The van der Waals surface area contributed by atoms with E-state index in [1.165, 1.54) is 5.56 Å². The standard InChI is InChI=1S/C13H18ClNO/c1-9-7-10(3-4-13(15)5-6-13)8-11(16-2)12(9)14/h7-8H,3-6,15H2,1-2H3. The van der Waals surface area contributed by atoms with Gasteiger partial charge in [0, 0.05) is 5.54 Å². The summed E-state index contributed by atoms with van der Waals surface area (Å²) in [6, 6.07) is 4.14. The Morgan fingerprint density at radius 2 is 2.12 bits per heavy atom. The molecule has 0 radical (unpaired) electrons. The largest absolute Gasteiger partial charge is 0.495 e. The number of rotatable bonds is 4. The number of aryl methyl sites for hydroxylation is 2. The highest BCUT2D eigenvalue weighted by Crippen LogP contribution is 2.37. The molecule has 1 aromatic rings. The van der Waals surface area contributed by atoms with Gasteiger partial charge < -0.3 is 10.5 Å². The third-order valence-corrected chi connectivity index (χ3v) is 3.79. The van der Waals surface area contributed by atoms with Crippen molar-refractivity contribution in [3.8, 4) is 5.75 Å². The second kappa shape index (κ2) is 4.27. The van der Waals surface area contributed by atoms with Crippen molar-refractivity contribution in [2.24, 2.45) is 5.73 Å². The maximum absolute atomic E-state index is 6.12. The first-order chi connectivity index (χ1) is 7.54. The fraction of sp³-hybridized carbons (Fsp3) is 0.538. The fourth-order valence-electron chi connectivity index (χ4n) is 1.91. The van der Waals surface area contributed by atoms with E-state index < -0.39 is 0 Å². The second-order valence-electron chi connectivity index (χ2n) is 4.79. The number of methoxy groups -OCH3 is 1. The molecule has 1 aromatic carbocycles. The molecule has 0 heterocycles. The predicted octanol–water partition coefficient (Wildman–Crippen LogP) is 3.08. The molecule has 0 amide bonds. The Labute approximate surface area is 102 Å². The molecule has 1 aliphatic carbocycles. The van der Waals surface area contributed by atoms with Crippen LogP contribution in [0.2, 0.25) is 5.02 Å². The molecule has 88 valence electrons. The van der Waals surface area contributed by atoms with Crippen LogP contribution < -0.4 is 10.5 Å². The number of hydrogen-bond donors (Lipinski definition) is 1. The number of halogens is 1. The van der Waals surface area contributed by atoms with Crippen LogP contribution in [0.3, 0.4) is 0 Å². The summed E-state index contributed by atoms with van der Waals surface area (Å²) in [6.07, 6.45) is 4.38. The van der Waals surface area contributed by atoms with E-state index in [0.717, 1.165) is 37.0 Å². The van der Waals surface area contributed by atoms with Crippen LogP contribution in [0.25, 0.3) is 0 Å². The molecule has 0 bridgehead atoms. The average molecular weight is 240 g/mol. The van der Waals surface area contributed by atoms with Crippen molar-refractivity contribution in [3.63, 3.8) is 0 Å². The van der Waals surface area contributed by atoms with Gasteiger partial charge in [-0.05, 0) is 49.8 Å². The molecule has 0 spiro atoms. The number of ether oxygens (including phenoxy) is 1. The van der Waals surface area contributed by atoms with E-state index in [-0.39, 0.29) is 5.54 Å². The van der Waals surface area contributed by atoms with Gasteiger partial charge in [0.25, 0.3) is 0 Å². The van der Waals surface area contributed by atoms with E-state index in [4.69, 9.17) is 22.1 Å². The molecule has 16 heavy (non-hydrogen) atoms. The molecule has 1 fully saturated rings. The maximum atomic E-state index is 6.12. The highest BCUT2D eigenvalue weighted by atomic mass is 35.5. The summed E-state index contributed by atoms with van der Waals surface area (Å²) in [7, 11) is 1.65. The summed E-state index contributed by atoms with van der Waals surface area (Å²) in [5.41, 5.74) is 8.51. The van der Waals surface area contributed by atoms with Gasteiger partial charge in [-0.25, -0.2) is 0 Å². The lowest BCUT2D eigenvalue weighted by molar-refractivity contribution is 0.414. The van der Waals surface area contributed by atoms with Crippen LogP contribution in [0, 0.1) is 6.92 Å². The Hall–Kier alpha value is -0.730. The predicted molar refractivity (Wildman–Crippen MR) is 67.2 cm³/mol. The third-order valence-electron chi connectivity index (χ3n) is 3.30. The molecule has 2 N–H and O–H groups in total. The third kappa shape index (κ3) is 2.50. The zero-order chi connectivity index (χ0) is 11.8. The van der Waals surface area contributed by atoms with E-state index in [1.54, 1.807) is 7.11 Å². The van der Waals surface area contributed by atoms with Gasteiger partial charge in [-0.1, -0.05) is 17.7 Å². The van der Waals surface area contributed by atoms with Crippen molar-refractivity contribution in [2.75, 3.05) is 7.11 Å². The Morgan fingerprint density at radius 3 is 2.69 bits per heavy atom. The molecular formula is C13H18ClNO. The van der Waals surface area contributed by atoms with Crippen LogP contribution in [0.1, 0.15) is 30.4 Å². The Kier molecular flexibility index (Phi) is 3.13. The highest BCUT2D eigenvalue weighted by molar-refractivity contribution is 6.32. The monoisotopic (exact) mass is 239 g/mol. The number of hydrogen-bond acceptors (Lipinski definition) is 2. The topological polar surface area (TPSA) is 35.2 Å². The lowest BCUT2D eigenvalue weighted by atomic mass is 10.0. The van der Waals surface area contributed by atoms with E-state index in [9.17, 15) is 0 Å². The van der Waals surface area contributed by atoms with Crippen molar-refractivity contribution in [1.82, 2.24) is 0 Å². The zero-order valence-corrected chi connectivity index (χ0v) is 10.6. The van der Waals surface area contributed by atoms with Gasteiger partial charge in [-0.2, -0.15) is 0 Å². The van der Waals surface area contributed by atoms with Crippen molar-refractivity contribution < 1.29 is 4.74 Å². The Balaban J connectivity index is 2.11. The van der Waals surface area contributed by atoms with Crippen LogP contribution in [-0.4, -0.2) is 12.6 Å². The van der Waals surface area contributed by atoms with E-state index >= 15 is 0 Å². The molecule has 1 aliphatic rings. The van der Waals surface area contributed by atoms with Crippen LogP contribution in [0.5, 0.6) is 5.75 Å². The maximum Gasteiger partial charge on any atom is 0.137 e. The molecule has 2 nitrogen and oxygen atoms in total. The van der Waals surface area contributed by atoms with Crippen LogP contribution in [0.15, 0.2) is 12.1 Å². The van der Waals surface area contributed by atoms with E-state index in [0.29, 0.717) is 5.02 Å². The summed E-state index contributed by atoms with van der Waals surface area (Å²) < 4.78 is 5.25. The van der Waals surface area contributed by atoms with Crippen molar-refractivity contribution in [3.05, 3.63) is 28.3 Å². The SMILES string of the molecule is COc1cc(CCC2(N)CC2)cc(C)c1Cl. The van der Waals surface area contributed by atoms with Crippen LogP contribution in [-0.2, 0) is 6.42 Å². The van der Waals surface area contributed by atoms with Gasteiger partial charge in [0.05, 0.1) is 12.1 Å². The lowest BCUT2D eigenvalue weighted by Gasteiger charge is -2.12. The first-order valence-corrected chi connectivity index (χ1v) is 6.04. The van der Waals surface area contributed by atoms with Gasteiger partial charge in [0.2, 0.25) is 0 Å². The quantitative estimate of drug-likeness (QED) is 0.877. The van der Waals surface area contributed by atoms with Gasteiger partial charge in [-0.3, -0.25) is 0 Å². The van der Waals surface area contributed by atoms with Gasteiger partial charge in [0.1, 0.15) is 5.75 Å². The normalized spacial score (nSPS) is 17.2. The smallest absolute Gasteiger partial charge is 0.137 e. The number of nitrogens with two attached hydrogens (primary N) is 1. The molecule has 0 saturated heterocycles. The highest BCUT2D eigenvalue weighted by Gasteiger charge is 2.37. The van der Waals surface area contributed by atoms with Gasteiger partial charge in [0.15, 0.2) is 0 Å². The zero-order valence-electron chi connectivity index (χ0n) is 9.85. The van der Waals surface area contributed by atoms with Crippen LogP contribution in [0.4, 0.5) is 0 Å². The molecule has 0 aromatic heterocycles. The molecule has 0 aliphatic heterocycles. The average Bonchev–Trinajstić information content (AvgIpc) is 2.99. The summed E-state index contributed by atoms with van der Waals surface area (Å²) in [6.45, 7) is 2.00. The number of benzene rings is 1. The fourth-order valence-corrected chi connectivity index (χ4v) is 2.09. The van der Waals surface area contributed by atoms with Crippen molar-refractivity contribution >= 4 is 11.6 Å². The minimum absolute atomic E-state index is 0.112. The minimum atomic E-state index is 0.112. The summed E-state index contributed by atoms with van der Waals surface area (Å²) in [5, 5.41) is 0.708. The molecule has 0 unspecified atom stereocenters. The minimum Gasteiger partial charge on any atom is -0.495 e. The van der Waals surface area contributed by atoms with Gasteiger partial charge in [-0.15, -0.1) is 0 Å². The van der Waals surface area contributed by atoms with Crippen molar-refractivity contribution in [2.45, 2.75) is 38.1 Å². The summed E-state index contributed by atoms with van der Waals surface area (Å²) in [5.74, 6) is 0.763. The second-order valence-corrected chi connectivity index (χ2v) is 5.17. The molecule has 3 heteroatoms. The molecular weight excluding hydrogens is 222 g/mol. The molecule has 2 rings (SSSR count). The first kappa shape index (κ1) is 11.7. The van der Waals surface area contributed by atoms with E-state index in [1.807, 2.05) is 13.0 Å². The summed E-state index contributed by atoms with van der Waals surface area (Å²) >= 11 is 6.12. The summed E-state index contributed by atoms with van der Waals surface area (Å²) in [4.78, 5) is 0. The molecule has 1 saturated carbocycles. The molecule has 0 atom stereocenters. The van der Waals surface area contributed by atoms with Gasteiger partial charge >= 0.3 is 0 Å². The first-order valence-electron chi connectivity index (χ1n) is 5.66. The van der Waals surface area contributed by atoms with E-state index in [2.05, 4.69) is 6.07 Å². The van der Waals surface area contributed by atoms with Crippen LogP contribution >= 0.6 is 11.6 Å².